The Hall–Kier alpha value is -0.0400. The van der Waals surface area contributed by atoms with Crippen LogP contribution in [0.5, 0.6) is 0 Å². The molecule has 70 valence electrons. The highest BCUT2D eigenvalue weighted by atomic mass is 16.3. The standard InChI is InChI=1S/C11H20O/c1-9-3-2-5-11(6-4-9)7-10(11)8-12/h9-10,12H,2-8H2,1H3. The van der Waals surface area contributed by atoms with E-state index in [2.05, 4.69) is 6.92 Å². The highest BCUT2D eigenvalue weighted by molar-refractivity contribution is 5.02. The molecule has 0 bridgehead atoms. The smallest absolute Gasteiger partial charge is 0.0464 e. The minimum atomic E-state index is 0.439. The second kappa shape index (κ2) is 3.02. The molecule has 2 fully saturated rings. The fraction of sp³-hybridized carbons (Fsp3) is 1.00. The van der Waals surface area contributed by atoms with Gasteiger partial charge in [0, 0.05) is 6.61 Å². The third-order valence-corrected chi connectivity index (χ3v) is 4.09. The van der Waals surface area contributed by atoms with E-state index in [1.54, 1.807) is 0 Å². The molecule has 1 spiro atoms. The van der Waals surface area contributed by atoms with Gasteiger partial charge in [0.1, 0.15) is 0 Å². The quantitative estimate of drug-likeness (QED) is 0.638. The molecule has 0 aliphatic heterocycles. The number of aliphatic hydroxyl groups is 1. The fourth-order valence-corrected chi connectivity index (χ4v) is 2.91. The molecule has 0 heterocycles. The van der Waals surface area contributed by atoms with Crippen LogP contribution in [0.3, 0.4) is 0 Å². The molecule has 0 aromatic carbocycles. The van der Waals surface area contributed by atoms with E-state index < -0.39 is 0 Å². The lowest BCUT2D eigenvalue weighted by atomic mass is 9.93. The number of hydrogen-bond donors (Lipinski definition) is 1. The summed E-state index contributed by atoms with van der Waals surface area (Å²) in [4.78, 5) is 0. The van der Waals surface area contributed by atoms with Crippen LogP contribution < -0.4 is 0 Å². The van der Waals surface area contributed by atoms with E-state index in [0.29, 0.717) is 17.9 Å². The first kappa shape index (κ1) is 8.55. The maximum Gasteiger partial charge on any atom is 0.0464 e. The van der Waals surface area contributed by atoms with Crippen LogP contribution in [0.15, 0.2) is 0 Å². The van der Waals surface area contributed by atoms with Crippen molar-refractivity contribution in [1.82, 2.24) is 0 Å². The highest BCUT2D eigenvalue weighted by Crippen LogP contribution is 2.60. The first-order valence-corrected chi connectivity index (χ1v) is 5.38. The van der Waals surface area contributed by atoms with Gasteiger partial charge in [-0.1, -0.05) is 26.2 Å². The first-order chi connectivity index (χ1) is 5.77. The molecule has 2 saturated carbocycles. The third kappa shape index (κ3) is 1.39. The zero-order valence-electron chi connectivity index (χ0n) is 8.05. The molecule has 3 atom stereocenters. The number of rotatable bonds is 1. The zero-order chi connectivity index (χ0) is 8.60. The predicted octanol–water partition coefficient (Wildman–Crippen LogP) is 2.59. The predicted molar refractivity (Wildman–Crippen MR) is 49.9 cm³/mol. The summed E-state index contributed by atoms with van der Waals surface area (Å²) in [6, 6.07) is 0. The van der Waals surface area contributed by atoms with Crippen molar-refractivity contribution in [2.24, 2.45) is 17.3 Å². The Labute approximate surface area is 75.2 Å². The van der Waals surface area contributed by atoms with E-state index in [9.17, 15) is 0 Å². The lowest BCUT2D eigenvalue weighted by Gasteiger charge is -2.12. The largest absolute Gasteiger partial charge is 0.396 e. The van der Waals surface area contributed by atoms with Crippen molar-refractivity contribution in [3.05, 3.63) is 0 Å². The molecule has 0 amide bonds. The van der Waals surface area contributed by atoms with Gasteiger partial charge in [0.2, 0.25) is 0 Å². The Balaban J connectivity index is 1.92. The van der Waals surface area contributed by atoms with E-state index in [0.717, 1.165) is 5.92 Å². The molecular formula is C11H20O. The molecule has 3 unspecified atom stereocenters. The fourth-order valence-electron chi connectivity index (χ4n) is 2.91. The Bertz CT molecular complexity index is 166. The maximum atomic E-state index is 9.08. The summed E-state index contributed by atoms with van der Waals surface area (Å²) >= 11 is 0. The topological polar surface area (TPSA) is 20.2 Å². The van der Waals surface area contributed by atoms with Gasteiger partial charge < -0.3 is 5.11 Å². The van der Waals surface area contributed by atoms with E-state index in [1.807, 2.05) is 0 Å². The molecule has 0 radical (unpaired) electrons. The van der Waals surface area contributed by atoms with Gasteiger partial charge in [0.05, 0.1) is 0 Å². The van der Waals surface area contributed by atoms with Gasteiger partial charge >= 0.3 is 0 Å². The number of hydrogen-bond acceptors (Lipinski definition) is 1. The minimum Gasteiger partial charge on any atom is -0.396 e. The second-order valence-corrected chi connectivity index (χ2v) is 4.98. The molecule has 12 heavy (non-hydrogen) atoms. The van der Waals surface area contributed by atoms with Crippen LogP contribution >= 0.6 is 0 Å². The highest BCUT2D eigenvalue weighted by Gasteiger charge is 2.52. The average molecular weight is 168 g/mol. The Morgan fingerprint density at radius 3 is 2.83 bits per heavy atom. The summed E-state index contributed by atoms with van der Waals surface area (Å²) in [7, 11) is 0. The Kier molecular flexibility index (Phi) is 2.16. The summed E-state index contributed by atoms with van der Waals surface area (Å²) < 4.78 is 0. The van der Waals surface area contributed by atoms with Gasteiger partial charge in [-0.25, -0.2) is 0 Å². The molecule has 0 saturated heterocycles. The van der Waals surface area contributed by atoms with Gasteiger partial charge in [-0.15, -0.1) is 0 Å². The van der Waals surface area contributed by atoms with Crippen molar-refractivity contribution >= 4 is 0 Å². The summed E-state index contributed by atoms with van der Waals surface area (Å²) in [6.07, 6.45) is 8.31. The van der Waals surface area contributed by atoms with Crippen molar-refractivity contribution in [2.75, 3.05) is 6.61 Å². The molecule has 0 aromatic heterocycles. The van der Waals surface area contributed by atoms with Crippen LogP contribution in [-0.2, 0) is 0 Å². The Morgan fingerprint density at radius 1 is 1.33 bits per heavy atom. The zero-order valence-corrected chi connectivity index (χ0v) is 8.05. The van der Waals surface area contributed by atoms with E-state index in [-0.39, 0.29) is 0 Å². The van der Waals surface area contributed by atoms with E-state index >= 15 is 0 Å². The van der Waals surface area contributed by atoms with Crippen molar-refractivity contribution in [1.29, 1.82) is 0 Å². The molecule has 2 aliphatic rings. The van der Waals surface area contributed by atoms with Gasteiger partial charge in [0.15, 0.2) is 0 Å². The summed E-state index contributed by atoms with van der Waals surface area (Å²) in [6.45, 7) is 2.81. The molecule has 2 rings (SSSR count). The van der Waals surface area contributed by atoms with Gasteiger partial charge in [-0.05, 0) is 36.5 Å². The van der Waals surface area contributed by atoms with Crippen molar-refractivity contribution in [3.8, 4) is 0 Å². The van der Waals surface area contributed by atoms with Crippen LogP contribution in [0.1, 0.15) is 45.4 Å². The normalized spacial score (nSPS) is 47.5. The molecule has 1 heteroatoms. The number of aliphatic hydroxyl groups excluding tert-OH is 1. The van der Waals surface area contributed by atoms with Gasteiger partial charge in [-0.3, -0.25) is 0 Å². The van der Waals surface area contributed by atoms with E-state index in [1.165, 1.54) is 38.5 Å². The minimum absolute atomic E-state index is 0.439. The van der Waals surface area contributed by atoms with Crippen LogP contribution in [0.2, 0.25) is 0 Å². The van der Waals surface area contributed by atoms with Crippen LogP contribution in [-0.4, -0.2) is 11.7 Å². The van der Waals surface area contributed by atoms with Crippen LogP contribution in [0, 0.1) is 17.3 Å². The summed E-state index contributed by atoms with van der Waals surface area (Å²) in [5, 5.41) is 9.08. The average Bonchev–Trinajstić information content (AvgIpc) is 2.79. The lowest BCUT2D eigenvalue weighted by molar-refractivity contribution is 0.239. The molecule has 0 aromatic rings. The maximum absolute atomic E-state index is 9.08. The molecule has 2 aliphatic carbocycles. The van der Waals surface area contributed by atoms with Gasteiger partial charge in [0.25, 0.3) is 0 Å². The van der Waals surface area contributed by atoms with Crippen molar-refractivity contribution in [3.63, 3.8) is 0 Å². The molecule has 1 N–H and O–H groups in total. The molecular weight excluding hydrogens is 148 g/mol. The van der Waals surface area contributed by atoms with E-state index in [4.69, 9.17) is 5.11 Å². The summed E-state index contributed by atoms with van der Waals surface area (Å²) in [5.74, 6) is 1.60. The van der Waals surface area contributed by atoms with Gasteiger partial charge in [-0.2, -0.15) is 0 Å². The summed E-state index contributed by atoms with van der Waals surface area (Å²) in [5.41, 5.74) is 0.611. The monoisotopic (exact) mass is 168 g/mol. The van der Waals surface area contributed by atoms with Crippen molar-refractivity contribution < 1.29 is 5.11 Å². The Morgan fingerprint density at radius 2 is 2.17 bits per heavy atom. The lowest BCUT2D eigenvalue weighted by Crippen LogP contribution is -2.04. The SMILES string of the molecule is CC1CCCC2(CC1)CC2CO. The van der Waals surface area contributed by atoms with Crippen LogP contribution in [0.4, 0.5) is 0 Å². The van der Waals surface area contributed by atoms with Crippen LogP contribution in [0.25, 0.3) is 0 Å². The van der Waals surface area contributed by atoms with Crippen molar-refractivity contribution in [2.45, 2.75) is 45.4 Å². The first-order valence-electron chi connectivity index (χ1n) is 5.38. The third-order valence-electron chi connectivity index (χ3n) is 4.09. The second-order valence-electron chi connectivity index (χ2n) is 4.98. The molecule has 1 nitrogen and oxygen atoms in total.